The number of esters is 1. The maximum absolute atomic E-state index is 11.0. The average molecular weight is 280 g/mol. The van der Waals surface area contributed by atoms with E-state index in [0.717, 1.165) is 15.0 Å². The zero-order chi connectivity index (χ0) is 13.8. The van der Waals surface area contributed by atoms with Crippen LogP contribution in [0, 0.1) is 0 Å². The van der Waals surface area contributed by atoms with Gasteiger partial charge in [0.05, 0.1) is 25.2 Å². The van der Waals surface area contributed by atoms with Gasteiger partial charge in [-0.2, -0.15) is 9.78 Å². The van der Waals surface area contributed by atoms with E-state index in [1.807, 2.05) is 12.1 Å². The second-order valence-corrected chi connectivity index (χ2v) is 4.90. The highest BCUT2D eigenvalue weighted by molar-refractivity contribution is 7.99. The van der Waals surface area contributed by atoms with Gasteiger partial charge in [-0.1, -0.05) is 6.07 Å². The van der Waals surface area contributed by atoms with Crippen LogP contribution in [0.4, 0.5) is 4.79 Å². The molecule has 0 amide bonds. The Morgan fingerprint density at radius 1 is 1.47 bits per heavy atom. The highest BCUT2D eigenvalue weighted by Crippen LogP contribution is 2.24. The zero-order valence-corrected chi connectivity index (χ0v) is 11.0. The maximum Gasteiger partial charge on any atom is 0.432 e. The molecule has 1 N–H and O–H groups in total. The van der Waals surface area contributed by atoms with Gasteiger partial charge in [0.15, 0.2) is 0 Å². The van der Waals surface area contributed by atoms with Crippen molar-refractivity contribution in [3.05, 3.63) is 24.4 Å². The summed E-state index contributed by atoms with van der Waals surface area (Å²) in [7, 11) is 1.35. The van der Waals surface area contributed by atoms with Gasteiger partial charge in [0.2, 0.25) is 0 Å². The standard InChI is InChI=1S/C12H12N2O4S/c1-18-11(15)4-5-19-9-3-2-8-7-13-14(12(16)17)10(8)6-9/h2-3,6-7H,4-5H2,1H3,(H,16,17). The number of hydrogen-bond acceptors (Lipinski definition) is 5. The van der Waals surface area contributed by atoms with Crippen LogP contribution >= 0.6 is 11.8 Å². The minimum Gasteiger partial charge on any atom is -0.469 e. The van der Waals surface area contributed by atoms with Crippen molar-refractivity contribution < 1.29 is 19.4 Å². The third-order valence-electron chi connectivity index (χ3n) is 2.53. The number of fused-ring (bicyclic) bond motifs is 1. The van der Waals surface area contributed by atoms with Gasteiger partial charge in [-0.05, 0) is 12.1 Å². The molecule has 0 bridgehead atoms. The van der Waals surface area contributed by atoms with E-state index in [-0.39, 0.29) is 5.97 Å². The van der Waals surface area contributed by atoms with E-state index in [4.69, 9.17) is 5.11 Å². The number of carbonyl (C=O) groups excluding carboxylic acids is 1. The van der Waals surface area contributed by atoms with E-state index >= 15 is 0 Å². The molecule has 2 rings (SSSR count). The summed E-state index contributed by atoms with van der Waals surface area (Å²) in [5.41, 5.74) is 0.538. The SMILES string of the molecule is COC(=O)CCSc1ccc2cnn(C(=O)O)c2c1. The molecule has 0 fully saturated rings. The smallest absolute Gasteiger partial charge is 0.432 e. The van der Waals surface area contributed by atoms with Gasteiger partial charge in [0, 0.05) is 16.0 Å². The van der Waals surface area contributed by atoms with Crippen LogP contribution in [-0.2, 0) is 9.53 Å². The molecule has 2 aromatic rings. The van der Waals surface area contributed by atoms with Crippen LogP contribution in [0.1, 0.15) is 6.42 Å². The first kappa shape index (κ1) is 13.4. The molecule has 7 heteroatoms. The van der Waals surface area contributed by atoms with Gasteiger partial charge >= 0.3 is 12.1 Å². The summed E-state index contributed by atoms with van der Waals surface area (Å²) >= 11 is 1.47. The summed E-state index contributed by atoms with van der Waals surface area (Å²) in [5, 5.41) is 13.5. The Hall–Kier alpha value is -2.02. The number of hydrogen-bond donors (Lipinski definition) is 1. The summed E-state index contributed by atoms with van der Waals surface area (Å²) in [5.74, 6) is 0.323. The molecular weight excluding hydrogens is 268 g/mol. The number of carboxylic acid groups (broad SMARTS) is 1. The summed E-state index contributed by atoms with van der Waals surface area (Å²) in [6, 6.07) is 5.43. The molecule has 0 aliphatic carbocycles. The van der Waals surface area contributed by atoms with Gasteiger partial charge in [-0.25, -0.2) is 4.79 Å². The van der Waals surface area contributed by atoms with E-state index in [1.54, 1.807) is 6.07 Å². The molecule has 100 valence electrons. The van der Waals surface area contributed by atoms with Crippen molar-refractivity contribution in [2.24, 2.45) is 0 Å². The minimum atomic E-state index is -1.12. The second-order valence-electron chi connectivity index (χ2n) is 3.73. The van der Waals surface area contributed by atoms with E-state index in [1.165, 1.54) is 25.1 Å². The largest absolute Gasteiger partial charge is 0.469 e. The van der Waals surface area contributed by atoms with Gasteiger partial charge < -0.3 is 9.84 Å². The first-order chi connectivity index (χ1) is 9.11. The van der Waals surface area contributed by atoms with Crippen molar-refractivity contribution in [1.82, 2.24) is 9.78 Å². The molecule has 0 saturated heterocycles. The lowest BCUT2D eigenvalue weighted by Crippen LogP contribution is -2.08. The Morgan fingerprint density at radius 2 is 2.26 bits per heavy atom. The third-order valence-corrected chi connectivity index (χ3v) is 3.52. The molecule has 0 aliphatic rings. The number of rotatable bonds is 4. The van der Waals surface area contributed by atoms with Crippen LogP contribution < -0.4 is 0 Å². The summed E-state index contributed by atoms with van der Waals surface area (Å²) < 4.78 is 5.48. The summed E-state index contributed by atoms with van der Waals surface area (Å²) in [6.45, 7) is 0. The molecule has 6 nitrogen and oxygen atoms in total. The van der Waals surface area contributed by atoms with Crippen LogP contribution in [0.2, 0.25) is 0 Å². The fourth-order valence-electron chi connectivity index (χ4n) is 1.59. The Balaban J connectivity index is 2.14. The van der Waals surface area contributed by atoms with Crippen molar-refractivity contribution in [2.75, 3.05) is 12.9 Å². The van der Waals surface area contributed by atoms with Crippen molar-refractivity contribution in [1.29, 1.82) is 0 Å². The van der Waals surface area contributed by atoms with Crippen molar-refractivity contribution >= 4 is 34.7 Å². The molecular formula is C12H12N2O4S. The molecule has 0 spiro atoms. The molecule has 0 radical (unpaired) electrons. The van der Waals surface area contributed by atoms with Gasteiger partial charge in [0.1, 0.15) is 0 Å². The number of ether oxygens (including phenoxy) is 1. The molecule has 0 aliphatic heterocycles. The van der Waals surface area contributed by atoms with Crippen LogP contribution in [0.15, 0.2) is 29.3 Å². The predicted molar refractivity (Wildman–Crippen MR) is 70.5 cm³/mol. The molecule has 19 heavy (non-hydrogen) atoms. The van der Waals surface area contributed by atoms with Crippen LogP contribution in [0.25, 0.3) is 10.9 Å². The van der Waals surface area contributed by atoms with E-state index in [2.05, 4.69) is 9.84 Å². The van der Waals surface area contributed by atoms with Crippen molar-refractivity contribution in [3.63, 3.8) is 0 Å². The van der Waals surface area contributed by atoms with Crippen LogP contribution in [-0.4, -0.2) is 39.8 Å². The first-order valence-electron chi connectivity index (χ1n) is 5.52. The summed E-state index contributed by atoms with van der Waals surface area (Å²) in [6.07, 6.45) is 0.704. The Kier molecular flexibility index (Phi) is 4.06. The minimum absolute atomic E-state index is 0.260. The molecule has 1 aromatic carbocycles. The Morgan fingerprint density at radius 3 is 2.95 bits per heavy atom. The normalized spacial score (nSPS) is 10.6. The lowest BCUT2D eigenvalue weighted by Gasteiger charge is -2.02. The first-order valence-corrected chi connectivity index (χ1v) is 6.51. The Bertz CT molecular complexity index is 623. The van der Waals surface area contributed by atoms with E-state index in [0.29, 0.717) is 17.7 Å². The quantitative estimate of drug-likeness (QED) is 0.683. The van der Waals surface area contributed by atoms with Crippen molar-refractivity contribution in [3.8, 4) is 0 Å². The summed E-state index contributed by atoms with van der Waals surface area (Å²) in [4.78, 5) is 22.8. The molecule has 0 unspecified atom stereocenters. The lowest BCUT2D eigenvalue weighted by molar-refractivity contribution is -0.140. The van der Waals surface area contributed by atoms with Crippen LogP contribution in [0.5, 0.6) is 0 Å². The number of thioether (sulfide) groups is 1. The molecule has 0 saturated carbocycles. The topological polar surface area (TPSA) is 81.4 Å². The number of nitrogens with zero attached hydrogens (tertiary/aromatic N) is 2. The number of carbonyl (C=O) groups is 2. The monoisotopic (exact) mass is 280 g/mol. The van der Waals surface area contributed by atoms with Gasteiger partial charge in [-0.15, -0.1) is 11.8 Å². The average Bonchev–Trinajstić information content (AvgIpc) is 2.81. The number of methoxy groups -OCH3 is 1. The highest BCUT2D eigenvalue weighted by Gasteiger charge is 2.09. The van der Waals surface area contributed by atoms with Crippen molar-refractivity contribution in [2.45, 2.75) is 11.3 Å². The molecule has 1 heterocycles. The number of benzene rings is 1. The lowest BCUT2D eigenvalue weighted by atomic mass is 10.2. The zero-order valence-electron chi connectivity index (χ0n) is 10.2. The molecule has 0 atom stereocenters. The predicted octanol–water partition coefficient (Wildman–Crippen LogP) is 2.22. The van der Waals surface area contributed by atoms with E-state index in [9.17, 15) is 9.59 Å². The maximum atomic E-state index is 11.0. The van der Waals surface area contributed by atoms with E-state index < -0.39 is 6.09 Å². The molecule has 1 aromatic heterocycles. The fourth-order valence-corrected chi connectivity index (χ4v) is 2.46. The van der Waals surface area contributed by atoms with Crippen LogP contribution in [0.3, 0.4) is 0 Å². The van der Waals surface area contributed by atoms with Gasteiger partial charge in [0.25, 0.3) is 0 Å². The third kappa shape index (κ3) is 3.05. The second kappa shape index (κ2) is 5.75. The van der Waals surface area contributed by atoms with Gasteiger partial charge in [-0.3, -0.25) is 4.79 Å². The Labute approximate surface area is 113 Å². The highest BCUT2D eigenvalue weighted by atomic mass is 32.2. The fraction of sp³-hybridized carbons (Fsp3) is 0.250. The number of aromatic nitrogens is 2.